The number of rotatable bonds is 5. The molecule has 0 heterocycles. The molecule has 0 unspecified atom stereocenters. The fourth-order valence-electron chi connectivity index (χ4n) is 1.84. The summed E-state index contributed by atoms with van der Waals surface area (Å²) in [4.78, 5) is 42.0. The van der Waals surface area contributed by atoms with E-state index in [-0.39, 0.29) is 16.9 Å². The van der Waals surface area contributed by atoms with Gasteiger partial charge in [-0.2, -0.15) is 0 Å². The number of hydrogen-bond acceptors (Lipinski definition) is 7. The van der Waals surface area contributed by atoms with E-state index in [1.807, 2.05) is 0 Å². The second-order valence-electron chi connectivity index (χ2n) is 4.51. The van der Waals surface area contributed by atoms with Gasteiger partial charge in [-0.25, -0.2) is 0 Å². The van der Waals surface area contributed by atoms with Gasteiger partial charge in [-0.05, 0) is 6.07 Å². The van der Waals surface area contributed by atoms with Gasteiger partial charge in [0.1, 0.15) is 0 Å². The van der Waals surface area contributed by atoms with Crippen LogP contribution in [0, 0.1) is 30.3 Å². The van der Waals surface area contributed by atoms with Crippen LogP contribution in [0.5, 0.6) is 0 Å². The topological polar surface area (TPSA) is 159 Å². The Balaban J connectivity index is 2.35. The summed E-state index contributed by atoms with van der Waals surface area (Å²) in [5.41, 5.74) is -1.75. The van der Waals surface area contributed by atoms with Crippen molar-refractivity contribution in [2.75, 3.05) is 5.32 Å². The van der Waals surface area contributed by atoms with E-state index in [1.54, 1.807) is 0 Å². The summed E-state index contributed by atoms with van der Waals surface area (Å²) in [7, 11) is 0. The molecule has 0 aliphatic rings. The minimum Gasteiger partial charge on any atom is -0.322 e. The zero-order valence-electron chi connectivity index (χ0n) is 11.7. The number of nitro groups is 3. The molecule has 0 spiro atoms. The molecule has 1 N–H and O–H groups in total. The second-order valence-corrected chi connectivity index (χ2v) is 4.51. The van der Waals surface area contributed by atoms with E-state index in [1.165, 1.54) is 18.2 Å². The average Bonchev–Trinajstić information content (AvgIpc) is 2.54. The Kier molecular flexibility index (Phi) is 4.45. The fraction of sp³-hybridized carbons (Fsp3) is 0. The number of nitrogens with one attached hydrogen (secondary N) is 1. The Labute approximate surface area is 133 Å². The molecule has 0 aliphatic carbocycles. The molecular formula is C13H8N4O7. The first kappa shape index (κ1) is 16.5. The summed E-state index contributed by atoms with van der Waals surface area (Å²) in [5.74, 6) is -0.873. The van der Waals surface area contributed by atoms with Gasteiger partial charge < -0.3 is 5.32 Å². The maximum atomic E-state index is 12.1. The first-order chi connectivity index (χ1) is 11.3. The van der Waals surface area contributed by atoms with Crippen LogP contribution in [0.4, 0.5) is 22.7 Å². The Morgan fingerprint density at radius 1 is 0.792 bits per heavy atom. The predicted molar refractivity (Wildman–Crippen MR) is 80.8 cm³/mol. The third-order valence-corrected chi connectivity index (χ3v) is 2.90. The molecule has 0 atom stereocenters. The van der Waals surface area contributed by atoms with E-state index in [4.69, 9.17) is 0 Å². The lowest BCUT2D eigenvalue weighted by Crippen LogP contribution is -2.12. The molecule has 0 saturated heterocycles. The summed E-state index contributed by atoms with van der Waals surface area (Å²) in [6.45, 7) is 0. The number of anilines is 1. The van der Waals surface area contributed by atoms with Crippen LogP contribution in [0.15, 0.2) is 42.5 Å². The van der Waals surface area contributed by atoms with Crippen LogP contribution in [0.3, 0.4) is 0 Å². The number of nitrogens with zero attached hydrogens (tertiary/aromatic N) is 3. The van der Waals surface area contributed by atoms with Crippen molar-refractivity contribution in [3.05, 3.63) is 78.4 Å². The number of nitro benzene ring substituents is 3. The maximum absolute atomic E-state index is 12.1. The van der Waals surface area contributed by atoms with E-state index < -0.39 is 32.1 Å². The molecule has 2 rings (SSSR count). The van der Waals surface area contributed by atoms with E-state index >= 15 is 0 Å². The van der Waals surface area contributed by atoms with Gasteiger partial charge in [-0.15, -0.1) is 0 Å². The van der Waals surface area contributed by atoms with Crippen molar-refractivity contribution < 1.29 is 19.6 Å². The highest BCUT2D eigenvalue weighted by atomic mass is 16.6. The average molecular weight is 332 g/mol. The zero-order chi connectivity index (χ0) is 17.9. The highest BCUT2D eigenvalue weighted by Crippen LogP contribution is 2.24. The smallest absolute Gasteiger partial charge is 0.277 e. The van der Waals surface area contributed by atoms with Crippen molar-refractivity contribution in [2.45, 2.75) is 0 Å². The molecule has 0 radical (unpaired) electrons. The number of benzene rings is 2. The van der Waals surface area contributed by atoms with Crippen LogP contribution in [0.25, 0.3) is 0 Å². The lowest BCUT2D eigenvalue weighted by Gasteiger charge is -2.05. The Hall–Kier alpha value is -3.89. The van der Waals surface area contributed by atoms with Gasteiger partial charge in [0.25, 0.3) is 23.0 Å². The van der Waals surface area contributed by atoms with Gasteiger partial charge in [0.15, 0.2) is 0 Å². The number of amides is 1. The molecule has 11 nitrogen and oxygen atoms in total. The van der Waals surface area contributed by atoms with Crippen LogP contribution in [0.2, 0.25) is 0 Å². The van der Waals surface area contributed by atoms with Crippen molar-refractivity contribution >= 4 is 28.7 Å². The zero-order valence-corrected chi connectivity index (χ0v) is 11.7. The molecule has 0 aromatic heterocycles. The van der Waals surface area contributed by atoms with E-state index in [0.29, 0.717) is 0 Å². The van der Waals surface area contributed by atoms with Gasteiger partial charge in [0.2, 0.25) is 0 Å². The van der Waals surface area contributed by atoms with Crippen molar-refractivity contribution in [3.63, 3.8) is 0 Å². The molecule has 0 saturated carbocycles. The first-order valence-electron chi connectivity index (χ1n) is 6.27. The van der Waals surface area contributed by atoms with E-state index in [0.717, 1.165) is 24.3 Å². The van der Waals surface area contributed by atoms with Gasteiger partial charge in [0.05, 0.1) is 26.4 Å². The molecule has 2 aromatic carbocycles. The van der Waals surface area contributed by atoms with Crippen LogP contribution in [-0.4, -0.2) is 20.7 Å². The summed E-state index contributed by atoms with van der Waals surface area (Å²) >= 11 is 0. The molecule has 0 bridgehead atoms. The number of hydrogen-bond donors (Lipinski definition) is 1. The minimum absolute atomic E-state index is 0.0726. The van der Waals surface area contributed by atoms with Gasteiger partial charge in [-0.3, -0.25) is 35.1 Å². The largest absolute Gasteiger partial charge is 0.322 e. The van der Waals surface area contributed by atoms with Crippen molar-refractivity contribution in [1.82, 2.24) is 0 Å². The summed E-state index contributed by atoms with van der Waals surface area (Å²) in [5, 5.41) is 34.6. The second kappa shape index (κ2) is 6.48. The van der Waals surface area contributed by atoms with Crippen LogP contribution in [-0.2, 0) is 0 Å². The van der Waals surface area contributed by atoms with Crippen molar-refractivity contribution in [3.8, 4) is 0 Å². The predicted octanol–water partition coefficient (Wildman–Crippen LogP) is 2.66. The van der Waals surface area contributed by atoms with Crippen LogP contribution >= 0.6 is 0 Å². The monoisotopic (exact) mass is 332 g/mol. The van der Waals surface area contributed by atoms with E-state index in [9.17, 15) is 35.1 Å². The van der Waals surface area contributed by atoms with E-state index in [2.05, 4.69) is 5.32 Å². The number of carbonyl (C=O) groups excluding carboxylic acids is 1. The Bertz CT molecular complexity index is 833. The molecule has 122 valence electrons. The molecular weight excluding hydrogens is 324 g/mol. The quantitative estimate of drug-likeness (QED) is 0.650. The molecule has 0 fully saturated rings. The van der Waals surface area contributed by atoms with Gasteiger partial charge in [-0.1, -0.05) is 6.07 Å². The summed E-state index contributed by atoms with van der Waals surface area (Å²) < 4.78 is 0. The Morgan fingerprint density at radius 3 is 1.83 bits per heavy atom. The third kappa shape index (κ3) is 3.65. The van der Waals surface area contributed by atoms with Gasteiger partial charge >= 0.3 is 0 Å². The van der Waals surface area contributed by atoms with Crippen LogP contribution in [0.1, 0.15) is 10.4 Å². The SMILES string of the molecule is O=C(Nc1cccc([N+](=O)[O-])c1)c1cc([N+](=O)[O-])cc([N+](=O)[O-])c1. The normalized spacial score (nSPS) is 10.0. The molecule has 11 heteroatoms. The van der Waals surface area contributed by atoms with Crippen molar-refractivity contribution in [1.29, 1.82) is 0 Å². The number of non-ortho nitro benzene ring substituents is 3. The summed E-state index contributed by atoms with van der Waals surface area (Å²) in [6, 6.07) is 7.49. The fourth-order valence-corrected chi connectivity index (χ4v) is 1.84. The molecule has 24 heavy (non-hydrogen) atoms. The standard InChI is InChI=1S/C13H8N4O7/c18-13(14-9-2-1-3-10(6-9)15(19)20)8-4-11(16(21)22)7-12(5-8)17(23)24/h1-7H,(H,14,18). The first-order valence-corrected chi connectivity index (χ1v) is 6.27. The highest BCUT2D eigenvalue weighted by molar-refractivity contribution is 6.05. The lowest BCUT2D eigenvalue weighted by molar-refractivity contribution is -0.394. The van der Waals surface area contributed by atoms with Crippen LogP contribution < -0.4 is 5.32 Å². The third-order valence-electron chi connectivity index (χ3n) is 2.90. The Morgan fingerprint density at radius 2 is 1.33 bits per heavy atom. The van der Waals surface area contributed by atoms with Crippen molar-refractivity contribution in [2.24, 2.45) is 0 Å². The minimum atomic E-state index is -0.873. The maximum Gasteiger partial charge on any atom is 0.277 e. The van der Waals surface area contributed by atoms with Gasteiger partial charge in [0, 0.05) is 30.0 Å². The molecule has 0 aliphatic heterocycles. The molecule has 1 amide bonds. The summed E-state index contributed by atoms with van der Waals surface area (Å²) in [6.07, 6.45) is 0. The lowest BCUT2D eigenvalue weighted by atomic mass is 10.1. The highest BCUT2D eigenvalue weighted by Gasteiger charge is 2.20. The molecule has 2 aromatic rings. The number of carbonyl (C=O) groups is 1.